The third-order valence-corrected chi connectivity index (χ3v) is 5.96. The molecule has 9 nitrogen and oxygen atoms in total. The molecule has 2 aliphatic heterocycles. The topological polar surface area (TPSA) is 90.1 Å². The van der Waals surface area contributed by atoms with Crippen LogP contribution in [0.25, 0.3) is 0 Å². The lowest BCUT2D eigenvalue weighted by Crippen LogP contribution is -2.47. The molecule has 160 valence electrons. The van der Waals surface area contributed by atoms with Gasteiger partial charge in [-0.3, -0.25) is 9.69 Å². The van der Waals surface area contributed by atoms with Crippen molar-refractivity contribution in [3.8, 4) is 0 Å². The Morgan fingerprint density at radius 2 is 1.80 bits per heavy atom. The number of nitrogens with zero attached hydrogens (tertiary/aromatic N) is 7. The molecule has 0 unspecified atom stereocenters. The van der Waals surface area contributed by atoms with Gasteiger partial charge in [0, 0.05) is 76.9 Å². The first-order valence-corrected chi connectivity index (χ1v) is 10.6. The zero-order valence-electron chi connectivity index (χ0n) is 17.4. The van der Waals surface area contributed by atoms with Gasteiger partial charge in [-0.05, 0) is 31.5 Å². The number of anilines is 1. The number of hydrogen-bond acceptors (Lipinski definition) is 7. The molecule has 9 heteroatoms. The van der Waals surface area contributed by atoms with Gasteiger partial charge in [-0.25, -0.2) is 9.97 Å². The summed E-state index contributed by atoms with van der Waals surface area (Å²) < 4.78 is 2.01. The highest BCUT2D eigenvalue weighted by molar-refractivity contribution is 6.11. The average Bonchev–Trinajstić information content (AvgIpc) is 3.16. The third-order valence-electron chi connectivity index (χ3n) is 5.96. The fourth-order valence-electron chi connectivity index (χ4n) is 4.17. The molecule has 1 saturated heterocycles. The van der Waals surface area contributed by atoms with E-state index in [1.807, 2.05) is 22.9 Å². The summed E-state index contributed by atoms with van der Waals surface area (Å²) in [5, 5.41) is 12.7. The second kappa shape index (κ2) is 9.25. The molecule has 2 aromatic rings. The van der Waals surface area contributed by atoms with E-state index in [2.05, 4.69) is 24.9 Å². The zero-order valence-corrected chi connectivity index (χ0v) is 17.4. The van der Waals surface area contributed by atoms with Gasteiger partial charge in [-0.2, -0.15) is 0 Å². The fraction of sp³-hybridized carbons (Fsp3) is 0.524. The molecule has 1 fully saturated rings. The molecule has 0 atom stereocenters. The molecule has 0 aliphatic carbocycles. The molecule has 0 radical (unpaired) electrons. The summed E-state index contributed by atoms with van der Waals surface area (Å²) in [6.07, 6.45) is 8.13. The molecule has 2 aromatic heterocycles. The second-order valence-electron chi connectivity index (χ2n) is 7.88. The quantitative estimate of drug-likeness (QED) is 0.441. The van der Waals surface area contributed by atoms with E-state index in [1.54, 1.807) is 24.3 Å². The van der Waals surface area contributed by atoms with Crippen LogP contribution in [0.3, 0.4) is 0 Å². The summed E-state index contributed by atoms with van der Waals surface area (Å²) in [7, 11) is 1.80. The third kappa shape index (κ3) is 4.30. The molecule has 30 heavy (non-hydrogen) atoms. The van der Waals surface area contributed by atoms with Gasteiger partial charge in [0.25, 0.3) is 5.91 Å². The number of carbonyl (C=O) groups excluding carboxylic acids is 1. The number of hydrogen-bond donors (Lipinski definition) is 1. The maximum absolute atomic E-state index is 12.8. The number of carbonyl (C=O) groups is 1. The Bertz CT molecular complexity index is 888. The number of fused-ring (bicyclic) bond motifs is 1. The number of rotatable bonds is 6. The fourth-order valence-corrected chi connectivity index (χ4v) is 4.17. The van der Waals surface area contributed by atoms with Gasteiger partial charge < -0.3 is 19.6 Å². The van der Waals surface area contributed by atoms with Crippen molar-refractivity contribution in [1.29, 1.82) is 0 Å². The van der Waals surface area contributed by atoms with E-state index in [1.165, 1.54) is 0 Å². The molecular weight excluding hydrogens is 382 g/mol. The van der Waals surface area contributed by atoms with Crippen LogP contribution in [0.15, 0.2) is 35.9 Å². The minimum Gasteiger partial charge on any atom is -0.411 e. The number of aryl methyl sites for hydroxylation is 1. The van der Waals surface area contributed by atoms with Crippen LogP contribution < -0.4 is 4.90 Å². The lowest BCUT2D eigenvalue weighted by molar-refractivity contribution is 0.0791. The molecular formula is C21H29N7O2. The van der Waals surface area contributed by atoms with Gasteiger partial charge in [-0.1, -0.05) is 5.16 Å². The number of oxime groups is 1. The van der Waals surface area contributed by atoms with Crippen LogP contribution in [0.4, 0.5) is 5.95 Å². The van der Waals surface area contributed by atoms with Crippen LogP contribution in [0.5, 0.6) is 0 Å². The van der Waals surface area contributed by atoms with E-state index < -0.39 is 0 Å². The van der Waals surface area contributed by atoms with E-state index >= 15 is 0 Å². The summed E-state index contributed by atoms with van der Waals surface area (Å²) >= 11 is 0. The van der Waals surface area contributed by atoms with Crippen molar-refractivity contribution in [2.24, 2.45) is 5.16 Å². The van der Waals surface area contributed by atoms with E-state index in [0.29, 0.717) is 24.4 Å². The van der Waals surface area contributed by atoms with Gasteiger partial charge in [-0.15, -0.1) is 0 Å². The Morgan fingerprint density at radius 1 is 1.07 bits per heavy atom. The molecule has 0 spiro atoms. The normalized spacial score (nSPS) is 19.2. The first-order valence-electron chi connectivity index (χ1n) is 10.6. The number of unbranched alkanes of at least 4 members (excludes halogenated alkanes) is 1. The predicted molar refractivity (Wildman–Crippen MR) is 114 cm³/mol. The van der Waals surface area contributed by atoms with Gasteiger partial charge in [0.15, 0.2) is 0 Å². The van der Waals surface area contributed by atoms with Crippen LogP contribution >= 0.6 is 0 Å². The van der Waals surface area contributed by atoms with Crippen molar-refractivity contribution in [1.82, 2.24) is 24.3 Å². The molecule has 0 bridgehead atoms. The summed E-state index contributed by atoms with van der Waals surface area (Å²) in [6, 6.07) is 3.73. The van der Waals surface area contributed by atoms with Crippen LogP contribution in [0.1, 0.15) is 35.3 Å². The predicted octanol–water partition coefficient (Wildman–Crippen LogP) is 1.53. The average molecular weight is 412 g/mol. The van der Waals surface area contributed by atoms with Crippen LogP contribution in [0, 0.1) is 0 Å². The van der Waals surface area contributed by atoms with Gasteiger partial charge in [0.2, 0.25) is 5.95 Å². The van der Waals surface area contributed by atoms with Gasteiger partial charge >= 0.3 is 0 Å². The monoisotopic (exact) mass is 411 g/mol. The highest BCUT2D eigenvalue weighted by Gasteiger charge is 2.27. The molecule has 1 amide bonds. The Hall–Kier alpha value is -2.94. The molecule has 1 N–H and O–H groups in total. The highest BCUT2D eigenvalue weighted by atomic mass is 16.4. The number of amides is 1. The first-order chi connectivity index (χ1) is 14.7. The summed E-state index contributed by atoms with van der Waals surface area (Å²) in [5.41, 5.74) is 1.98. The van der Waals surface area contributed by atoms with Crippen molar-refractivity contribution in [3.63, 3.8) is 0 Å². The number of aromatic nitrogens is 3. The maximum Gasteiger partial charge on any atom is 0.270 e. The Morgan fingerprint density at radius 3 is 2.53 bits per heavy atom. The smallest absolute Gasteiger partial charge is 0.270 e. The van der Waals surface area contributed by atoms with E-state index in [-0.39, 0.29) is 5.91 Å². The molecule has 2 aliphatic rings. The van der Waals surface area contributed by atoms with E-state index in [4.69, 9.17) is 0 Å². The summed E-state index contributed by atoms with van der Waals surface area (Å²) in [6.45, 7) is 6.30. The standard InChI is InChI=1S/C21H29N7O2/c1-25-11-6-18(24-30)17-5-12-27(19(17)20(25)29)10-3-2-9-26-13-15-28(16-14-26)21-22-7-4-8-23-21/h4-5,7-8,12,30H,2-3,6,9-11,13-16H2,1H3. The maximum atomic E-state index is 12.8. The lowest BCUT2D eigenvalue weighted by Gasteiger charge is -2.34. The second-order valence-corrected chi connectivity index (χ2v) is 7.88. The largest absolute Gasteiger partial charge is 0.411 e. The SMILES string of the molecule is CN1CCC(=NO)c2ccn(CCCCN3CCN(c4ncccn4)CC3)c2C1=O. The van der Waals surface area contributed by atoms with E-state index in [9.17, 15) is 10.0 Å². The summed E-state index contributed by atoms with van der Waals surface area (Å²) in [4.78, 5) is 27.8. The molecule has 4 rings (SSSR count). The van der Waals surface area contributed by atoms with E-state index in [0.717, 1.165) is 63.6 Å². The van der Waals surface area contributed by atoms with Crippen LogP contribution in [-0.2, 0) is 6.54 Å². The van der Waals surface area contributed by atoms with Crippen molar-refractivity contribution >= 4 is 17.6 Å². The van der Waals surface area contributed by atoms with Crippen LogP contribution in [0.2, 0.25) is 0 Å². The van der Waals surface area contributed by atoms with Gasteiger partial charge in [0.1, 0.15) is 5.69 Å². The van der Waals surface area contributed by atoms with Crippen LogP contribution in [-0.4, -0.2) is 87.5 Å². The highest BCUT2D eigenvalue weighted by Crippen LogP contribution is 2.21. The van der Waals surface area contributed by atoms with Crippen molar-refractivity contribution in [3.05, 3.63) is 42.0 Å². The Labute approximate surface area is 176 Å². The van der Waals surface area contributed by atoms with Gasteiger partial charge in [0.05, 0.1) is 5.71 Å². The lowest BCUT2D eigenvalue weighted by atomic mass is 10.1. The molecule has 0 saturated carbocycles. The minimum absolute atomic E-state index is 0.00657. The van der Waals surface area contributed by atoms with Crippen molar-refractivity contribution in [2.45, 2.75) is 25.8 Å². The first kappa shape index (κ1) is 20.3. The number of piperazine rings is 1. The molecule has 4 heterocycles. The Balaban J connectivity index is 1.27. The van der Waals surface area contributed by atoms with Crippen molar-refractivity contribution in [2.75, 3.05) is 51.2 Å². The molecule has 0 aromatic carbocycles. The summed E-state index contributed by atoms with van der Waals surface area (Å²) in [5.74, 6) is 0.804. The minimum atomic E-state index is -0.00657. The Kier molecular flexibility index (Phi) is 6.27. The zero-order chi connectivity index (χ0) is 20.9. The van der Waals surface area contributed by atoms with Crippen molar-refractivity contribution < 1.29 is 10.0 Å².